The third kappa shape index (κ3) is 4.95. The number of hydrogen-bond acceptors (Lipinski definition) is 3. The number of carboxylic acid groups (broad SMARTS) is 1. The normalized spacial score (nSPS) is 12.3. The van der Waals surface area contributed by atoms with Crippen molar-refractivity contribution in [3.05, 3.63) is 48.0 Å². The molecule has 5 heteroatoms. The van der Waals surface area contributed by atoms with Crippen LogP contribution in [0.3, 0.4) is 0 Å². The summed E-state index contributed by atoms with van der Waals surface area (Å²) < 4.78 is 4.74. The zero-order valence-corrected chi connectivity index (χ0v) is 12.6. The van der Waals surface area contributed by atoms with Crippen LogP contribution in [0, 0.1) is 0 Å². The van der Waals surface area contributed by atoms with Gasteiger partial charge in [0.15, 0.2) is 6.04 Å². The average Bonchev–Trinajstić information content (AvgIpc) is 2.41. The van der Waals surface area contributed by atoms with Gasteiger partial charge in [-0.1, -0.05) is 57.7 Å². The van der Waals surface area contributed by atoms with Gasteiger partial charge in [-0.15, -0.1) is 0 Å². The fraction of sp³-hybridized carbons (Fsp3) is 0.375. The van der Waals surface area contributed by atoms with E-state index in [-0.39, 0.29) is 12.0 Å². The number of benzene rings is 1. The first-order valence-electron chi connectivity index (χ1n) is 6.63. The van der Waals surface area contributed by atoms with E-state index in [0.29, 0.717) is 5.56 Å². The molecule has 1 aromatic rings. The van der Waals surface area contributed by atoms with Crippen molar-refractivity contribution < 1.29 is 19.4 Å². The second kappa shape index (κ2) is 6.92. The molecular formula is C16H21NO4. The van der Waals surface area contributed by atoms with E-state index < -0.39 is 18.1 Å². The standard InChI is InChI=1S/C16H21NO4/c1-5-10-21-15(20)17-13(14(18)19)11-6-8-12(9-7-11)16(2,3)4/h5-9,13H,1,10H2,2-4H3,(H,17,20)(H,18,19). The SMILES string of the molecule is C=CCOC(=O)NC(C(=O)O)c1ccc(C(C)(C)C)cc1. The molecule has 2 N–H and O–H groups in total. The minimum Gasteiger partial charge on any atom is -0.479 e. The van der Waals surface area contributed by atoms with Gasteiger partial charge in [0.05, 0.1) is 0 Å². The summed E-state index contributed by atoms with van der Waals surface area (Å²) in [5, 5.41) is 11.6. The van der Waals surface area contributed by atoms with Gasteiger partial charge in [-0.05, 0) is 16.5 Å². The molecule has 0 heterocycles. The van der Waals surface area contributed by atoms with Crippen LogP contribution in [0.2, 0.25) is 0 Å². The largest absolute Gasteiger partial charge is 0.479 e. The van der Waals surface area contributed by atoms with Gasteiger partial charge in [-0.25, -0.2) is 9.59 Å². The Bertz CT molecular complexity index is 514. The van der Waals surface area contributed by atoms with E-state index in [2.05, 4.69) is 32.7 Å². The van der Waals surface area contributed by atoms with Crippen molar-refractivity contribution in [1.29, 1.82) is 0 Å². The Morgan fingerprint density at radius 1 is 1.33 bits per heavy atom. The quantitative estimate of drug-likeness (QED) is 0.818. The predicted molar refractivity (Wildman–Crippen MR) is 80.2 cm³/mol. The Morgan fingerprint density at radius 3 is 2.33 bits per heavy atom. The lowest BCUT2D eigenvalue weighted by Gasteiger charge is -2.20. The third-order valence-corrected chi connectivity index (χ3v) is 2.95. The van der Waals surface area contributed by atoms with Crippen molar-refractivity contribution in [3.8, 4) is 0 Å². The van der Waals surface area contributed by atoms with E-state index in [1.807, 2.05) is 12.1 Å². The van der Waals surface area contributed by atoms with Crippen LogP contribution in [0.25, 0.3) is 0 Å². The highest BCUT2D eigenvalue weighted by molar-refractivity contribution is 5.81. The van der Waals surface area contributed by atoms with E-state index >= 15 is 0 Å². The molecule has 0 aromatic heterocycles. The van der Waals surface area contributed by atoms with Crippen molar-refractivity contribution in [1.82, 2.24) is 5.32 Å². The second-order valence-electron chi connectivity index (χ2n) is 5.67. The number of carbonyl (C=O) groups is 2. The molecule has 0 fully saturated rings. The van der Waals surface area contributed by atoms with E-state index in [1.165, 1.54) is 6.08 Å². The molecule has 0 saturated heterocycles. The Morgan fingerprint density at radius 2 is 1.90 bits per heavy atom. The number of carboxylic acids is 1. The molecule has 0 aliphatic heterocycles. The number of rotatable bonds is 5. The third-order valence-electron chi connectivity index (χ3n) is 2.95. The Hall–Kier alpha value is -2.30. The Balaban J connectivity index is 2.89. The number of carbonyl (C=O) groups excluding carboxylic acids is 1. The maximum Gasteiger partial charge on any atom is 0.408 e. The van der Waals surface area contributed by atoms with Crippen LogP contribution in [0.5, 0.6) is 0 Å². The van der Waals surface area contributed by atoms with Gasteiger partial charge in [-0.3, -0.25) is 0 Å². The van der Waals surface area contributed by atoms with Crippen molar-refractivity contribution in [2.75, 3.05) is 6.61 Å². The molecule has 1 amide bonds. The van der Waals surface area contributed by atoms with Crippen molar-refractivity contribution in [2.24, 2.45) is 0 Å². The zero-order chi connectivity index (χ0) is 16.0. The zero-order valence-electron chi connectivity index (χ0n) is 12.6. The van der Waals surface area contributed by atoms with Crippen molar-refractivity contribution in [2.45, 2.75) is 32.2 Å². The summed E-state index contributed by atoms with van der Waals surface area (Å²) >= 11 is 0. The molecule has 0 saturated carbocycles. The first-order valence-corrected chi connectivity index (χ1v) is 6.63. The monoisotopic (exact) mass is 291 g/mol. The molecule has 5 nitrogen and oxygen atoms in total. The van der Waals surface area contributed by atoms with Gasteiger partial charge < -0.3 is 15.2 Å². The minimum absolute atomic E-state index is 0.0203. The fourth-order valence-electron chi connectivity index (χ4n) is 1.76. The number of aliphatic carboxylic acids is 1. The highest BCUT2D eigenvalue weighted by Gasteiger charge is 2.23. The smallest absolute Gasteiger partial charge is 0.408 e. The van der Waals surface area contributed by atoms with Gasteiger partial charge in [-0.2, -0.15) is 0 Å². The summed E-state index contributed by atoms with van der Waals surface area (Å²) in [5.74, 6) is -1.14. The van der Waals surface area contributed by atoms with Crippen molar-refractivity contribution >= 4 is 12.1 Å². The minimum atomic E-state index is -1.14. The maximum atomic E-state index is 11.5. The Labute approximate surface area is 124 Å². The number of ether oxygens (including phenoxy) is 1. The van der Waals surface area contributed by atoms with Crippen LogP contribution in [-0.4, -0.2) is 23.8 Å². The molecule has 114 valence electrons. The molecule has 0 spiro atoms. The van der Waals surface area contributed by atoms with E-state index in [1.54, 1.807) is 12.1 Å². The molecule has 0 aliphatic carbocycles. The van der Waals surface area contributed by atoms with Crippen molar-refractivity contribution in [3.63, 3.8) is 0 Å². The summed E-state index contributed by atoms with van der Waals surface area (Å²) in [6.45, 7) is 9.66. The van der Waals surface area contributed by atoms with Gasteiger partial charge in [0.2, 0.25) is 0 Å². The number of hydrogen-bond donors (Lipinski definition) is 2. The van der Waals surface area contributed by atoms with Gasteiger partial charge >= 0.3 is 12.1 Å². The summed E-state index contributed by atoms with van der Waals surface area (Å²) in [7, 11) is 0. The lowest BCUT2D eigenvalue weighted by molar-refractivity contribution is -0.139. The van der Waals surface area contributed by atoms with Crippen LogP contribution < -0.4 is 5.32 Å². The molecule has 0 radical (unpaired) electrons. The van der Waals surface area contributed by atoms with Crippen LogP contribution in [0.1, 0.15) is 37.9 Å². The van der Waals surface area contributed by atoms with E-state index in [0.717, 1.165) is 5.56 Å². The van der Waals surface area contributed by atoms with Gasteiger partial charge in [0.1, 0.15) is 6.61 Å². The molecule has 0 aliphatic rings. The second-order valence-corrected chi connectivity index (χ2v) is 5.67. The molecule has 1 atom stereocenters. The predicted octanol–water partition coefficient (Wildman–Crippen LogP) is 3.02. The highest BCUT2D eigenvalue weighted by Crippen LogP contribution is 2.24. The number of amides is 1. The van der Waals surface area contributed by atoms with Gasteiger partial charge in [0, 0.05) is 0 Å². The molecule has 21 heavy (non-hydrogen) atoms. The first kappa shape index (κ1) is 16.8. The highest BCUT2D eigenvalue weighted by atomic mass is 16.5. The summed E-state index contributed by atoms with van der Waals surface area (Å²) in [6.07, 6.45) is 0.621. The van der Waals surface area contributed by atoms with Crippen LogP contribution >= 0.6 is 0 Å². The van der Waals surface area contributed by atoms with Crippen LogP contribution in [0.15, 0.2) is 36.9 Å². The lowest BCUT2D eigenvalue weighted by atomic mass is 9.86. The summed E-state index contributed by atoms with van der Waals surface area (Å²) in [4.78, 5) is 22.8. The van der Waals surface area contributed by atoms with Crippen LogP contribution in [0.4, 0.5) is 4.79 Å². The fourth-order valence-corrected chi connectivity index (χ4v) is 1.76. The molecule has 1 aromatic carbocycles. The van der Waals surface area contributed by atoms with E-state index in [4.69, 9.17) is 4.74 Å². The van der Waals surface area contributed by atoms with E-state index in [9.17, 15) is 14.7 Å². The summed E-state index contributed by atoms with van der Waals surface area (Å²) in [5.41, 5.74) is 1.56. The average molecular weight is 291 g/mol. The Kier molecular flexibility index (Phi) is 5.52. The maximum absolute atomic E-state index is 11.5. The summed E-state index contributed by atoms with van der Waals surface area (Å²) in [6, 6.07) is 5.99. The topological polar surface area (TPSA) is 75.6 Å². The lowest BCUT2D eigenvalue weighted by Crippen LogP contribution is -2.34. The molecular weight excluding hydrogens is 270 g/mol. The molecule has 1 unspecified atom stereocenters. The molecule has 0 bridgehead atoms. The van der Waals surface area contributed by atoms with Crippen LogP contribution in [-0.2, 0) is 14.9 Å². The van der Waals surface area contributed by atoms with Gasteiger partial charge in [0.25, 0.3) is 0 Å². The first-order chi connectivity index (χ1) is 9.75. The number of alkyl carbamates (subject to hydrolysis) is 1. The molecule has 1 rings (SSSR count). The number of nitrogens with one attached hydrogen (secondary N) is 1.